The van der Waals surface area contributed by atoms with Crippen molar-refractivity contribution in [1.29, 1.82) is 0 Å². The molecule has 0 spiro atoms. The van der Waals surface area contributed by atoms with Crippen LogP contribution in [0.5, 0.6) is 0 Å². The van der Waals surface area contributed by atoms with E-state index in [4.69, 9.17) is 4.74 Å². The van der Waals surface area contributed by atoms with Crippen LogP contribution in [-0.4, -0.2) is 18.5 Å². The predicted molar refractivity (Wildman–Crippen MR) is 67.1 cm³/mol. The van der Waals surface area contributed by atoms with Crippen LogP contribution in [0.1, 0.15) is 34.1 Å². The predicted octanol–water partition coefficient (Wildman–Crippen LogP) is 2.17. The lowest BCUT2D eigenvalue weighted by molar-refractivity contribution is -0.137. The molecular weight excluding hydrogens is 218 g/mol. The van der Waals surface area contributed by atoms with Gasteiger partial charge in [-0.3, -0.25) is 4.79 Å². The Balaban J connectivity index is 4.62. The molecule has 0 aromatic rings. The number of esters is 1. The van der Waals surface area contributed by atoms with E-state index in [1.807, 2.05) is 26.0 Å². The standard InChI is InChI=1S/C13H21NO3/c1-5-7-10(3)8-12(14-11(4)15)9-13(16)17-6-2/h5,7,9-10H,6,8H2,1-4H3,(H,14,15)/b7-5+,12-9-/t10-/m1/s1. The minimum absolute atomic E-state index is 0.187. The summed E-state index contributed by atoms with van der Waals surface area (Å²) in [4.78, 5) is 22.3. The van der Waals surface area contributed by atoms with Crippen molar-refractivity contribution in [2.75, 3.05) is 6.61 Å². The quantitative estimate of drug-likeness (QED) is 0.439. The number of nitrogens with one attached hydrogen (secondary N) is 1. The Morgan fingerprint density at radius 3 is 2.53 bits per heavy atom. The van der Waals surface area contributed by atoms with E-state index in [1.54, 1.807) is 6.92 Å². The Labute approximate surface area is 103 Å². The van der Waals surface area contributed by atoms with Crippen LogP contribution >= 0.6 is 0 Å². The SMILES string of the molecule is C/C=C/[C@@H](C)C/C(=C/C(=O)OCC)NC(C)=O. The monoisotopic (exact) mass is 239 g/mol. The first-order valence-electron chi connectivity index (χ1n) is 5.77. The van der Waals surface area contributed by atoms with Crippen LogP contribution in [0, 0.1) is 5.92 Å². The zero-order chi connectivity index (χ0) is 13.3. The first-order valence-corrected chi connectivity index (χ1v) is 5.77. The third kappa shape index (κ3) is 8.25. The summed E-state index contributed by atoms with van der Waals surface area (Å²) >= 11 is 0. The lowest BCUT2D eigenvalue weighted by Crippen LogP contribution is -2.21. The molecule has 0 radical (unpaired) electrons. The summed E-state index contributed by atoms with van der Waals surface area (Å²) in [6.07, 6.45) is 5.90. The van der Waals surface area contributed by atoms with Crippen molar-refractivity contribution >= 4 is 11.9 Å². The normalized spacial score (nSPS) is 13.5. The Morgan fingerprint density at radius 2 is 2.06 bits per heavy atom. The van der Waals surface area contributed by atoms with Gasteiger partial charge in [0.15, 0.2) is 0 Å². The van der Waals surface area contributed by atoms with Crippen molar-refractivity contribution < 1.29 is 14.3 Å². The van der Waals surface area contributed by atoms with Crippen molar-refractivity contribution in [2.45, 2.75) is 34.1 Å². The molecule has 17 heavy (non-hydrogen) atoms. The molecule has 0 aromatic carbocycles. The van der Waals surface area contributed by atoms with Gasteiger partial charge in [0.05, 0.1) is 6.61 Å². The van der Waals surface area contributed by atoms with Gasteiger partial charge in [0.1, 0.15) is 0 Å². The minimum atomic E-state index is -0.427. The summed E-state index contributed by atoms with van der Waals surface area (Å²) < 4.78 is 4.81. The number of ether oxygens (including phenoxy) is 1. The fourth-order valence-electron chi connectivity index (χ4n) is 1.44. The van der Waals surface area contributed by atoms with Crippen LogP contribution < -0.4 is 5.32 Å². The molecule has 4 nitrogen and oxygen atoms in total. The smallest absolute Gasteiger partial charge is 0.332 e. The summed E-state index contributed by atoms with van der Waals surface area (Å²) in [5.74, 6) is -0.357. The molecule has 96 valence electrons. The van der Waals surface area contributed by atoms with E-state index >= 15 is 0 Å². The van der Waals surface area contributed by atoms with Crippen LogP contribution in [0.3, 0.4) is 0 Å². The zero-order valence-electron chi connectivity index (χ0n) is 10.9. The van der Waals surface area contributed by atoms with Gasteiger partial charge < -0.3 is 10.1 Å². The van der Waals surface area contributed by atoms with E-state index in [9.17, 15) is 9.59 Å². The second kappa shape index (κ2) is 8.56. The number of carbonyl (C=O) groups excluding carboxylic acids is 2. The molecule has 1 amide bonds. The number of allylic oxidation sites excluding steroid dienone is 3. The van der Waals surface area contributed by atoms with Gasteiger partial charge >= 0.3 is 5.97 Å². The summed E-state index contributed by atoms with van der Waals surface area (Å²) in [7, 11) is 0. The van der Waals surface area contributed by atoms with E-state index in [0.29, 0.717) is 18.7 Å². The number of amides is 1. The molecule has 0 unspecified atom stereocenters. The van der Waals surface area contributed by atoms with Gasteiger partial charge in [-0.15, -0.1) is 0 Å². The molecule has 0 rings (SSSR count). The van der Waals surface area contributed by atoms with Crippen molar-refractivity contribution in [3.63, 3.8) is 0 Å². The van der Waals surface area contributed by atoms with Crippen LogP contribution in [-0.2, 0) is 14.3 Å². The number of hydrogen-bond donors (Lipinski definition) is 1. The maximum Gasteiger partial charge on any atom is 0.332 e. The Morgan fingerprint density at radius 1 is 1.41 bits per heavy atom. The first kappa shape index (κ1) is 15.4. The number of rotatable bonds is 6. The second-order valence-corrected chi connectivity index (χ2v) is 3.81. The molecule has 0 aliphatic rings. The molecular formula is C13H21NO3. The molecule has 1 atom stereocenters. The van der Waals surface area contributed by atoms with Gasteiger partial charge in [-0.05, 0) is 26.2 Å². The molecule has 0 heterocycles. The largest absolute Gasteiger partial charge is 0.463 e. The average Bonchev–Trinajstić information content (AvgIpc) is 2.16. The van der Waals surface area contributed by atoms with Crippen molar-refractivity contribution in [3.05, 3.63) is 23.9 Å². The topological polar surface area (TPSA) is 55.4 Å². The molecule has 0 aromatic heterocycles. The van der Waals surface area contributed by atoms with E-state index in [0.717, 1.165) is 0 Å². The first-order chi connectivity index (χ1) is 7.99. The summed E-state index contributed by atoms with van der Waals surface area (Å²) in [6, 6.07) is 0. The Bertz CT molecular complexity index is 319. The molecule has 1 N–H and O–H groups in total. The van der Waals surface area contributed by atoms with E-state index in [1.165, 1.54) is 13.0 Å². The van der Waals surface area contributed by atoms with Crippen molar-refractivity contribution in [2.24, 2.45) is 5.92 Å². The fraction of sp³-hybridized carbons (Fsp3) is 0.538. The molecule has 0 aliphatic carbocycles. The van der Waals surface area contributed by atoms with Crippen LogP contribution in [0.2, 0.25) is 0 Å². The molecule has 0 bridgehead atoms. The average molecular weight is 239 g/mol. The summed E-state index contributed by atoms with van der Waals surface area (Å²) in [5.41, 5.74) is 0.585. The van der Waals surface area contributed by atoms with E-state index in [-0.39, 0.29) is 11.8 Å². The Hall–Kier alpha value is -1.58. The highest BCUT2D eigenvalue weighted by Gasteiger charge is 2.07. The number of carbonyl (C=O) groups is 2. The third-order valence-electron chi connectivity index (χ3n) is 1.98. The van der Waals surface area contributed by atoms with Crippen molar-refractivity contribution in [1.82, 2.24) is 5.32 Å². The highest BCUT2D eigenvalue weighted by molar-refractivity contribution is 5.84. The minimum Gasteiger partial charge on any atom is -0.463 e. The van der Waals surface area contributed by atoms with Crippen molar-refractivity contribution in [3.8, 4) is 0 Å². The highest BCUT2D eigenvalue weighted by atomic mass is 16.5. The van der Waals surface area contributed by atoms with Gasteiger partial charge in [-0.1, -0.05) is 19.1 Å². The maximum atomic E-state index is 11.3. The van der Waals surface area contributed by atoms with Gasteiger partial charge in [-0.25, -0.2) is 4.79 Å². The van der Waals surface area contributed by atoms with Crippen LogP contribution in [0.4, 0.5) is 0 Å². The maximum absolute atomic E-state index is 11.3. The summed E-state index contributed by atoms with van der Waals surface area (Å²) in [6.45, 7) is 7.43. The van der Waals surface area contributed by atoms with Gasteiger partial charge in [-0.2, -0.15) is 0 Å². The second-order valence-electron chi connectivity index (χ2n) is 3.81. The molecule has 0 aliphatic heterocycles. The van der Waals surface area contributed by atoms with Gasteiger partial charge in [0.25, 0.3) is 0 Å². The zero-order valence-corrected chi connectivity index (χ0v) is 10.9. The summed E-state index contributed by atoms with van der Waals surface area (Å²) in [5, 5.41) is 2.65. The van der Waals surface area contributed by atoms with E-state index < -0.39 is 5.97 Å². The van der Waals surface area contributed by atoms with Gasteiger partial charge in [0.2, 0.25) is 5.91 Å². The fourth-order valence-corrected chi connectivity index (χ4v) is 1.44. The lowest BCUT2D eigenvalue weighted by Gasteiger charge is -2.11. The van der Waals surface area contributed by atoms with Gasteiger partial charge in [0, 0.05) is 18.7 Å². The van der Waals surface area contributed by atoms with Crippen LogP contribution in [0.25, 0.3) is 0 Å². The number of hydrogen-bond acceptors (Lipinski definition) is 3. The molecule has 0 saturated carbocycles. The highest BCUT2D eigenvalue weighted by Crippen LogP contribution is 2.10. The Kier molecular flexibility index (Phi) is 7.76. The molecule has 4 heteroatoms. The molecule has 0 saturated heterocycles. The molecule has 0 fully saturated rings. The van der Waals surface area contributed by atoms with Crippen LogP contribution in [0.15, 0.2) is 23.9 Å². The lowest BCUT2D eigenvalue weighted by atomic mass is 10.0. The third-order valence-corrected chi connectivity index (χ3v) is 1.98. The van der Waals surface area contributed by atoms with E-state index in [2.05, 4.69) is 5.32 Å².